The van der Waals surface area contributed by atoms with E-state index in [-0.39, 0.29) is 0 Å². The molecule has 0 aromatic carbocycles. The highest BCUT2D eigenvalue weighted by atomic mass is 32.1. The van der Waals surface area contributed by atoms with E-state index in [9.17, 15) is 0 Å². The van der Waals surface area contributed by atoms with E-state index in [1.165, 1.54) is 17.7 Å². The molecule has 0 spiro atoms. The van der Waals surface area contributed by atoms with Gasteiger partial charge >= 0.3 is 0 Å². The second-order valence-corrected chi connectivity index (χ2v) is 5.88. The lowest BCUT2D eigenvalue weighted by molar-refractivity contribution is 0.152. The van der Waals surface area contributed by atoms with Crippen molar-refractivity contribution >= 4 is 11.3 Å². The van der Waals surface area contributed by atoms with E-state index in [0.717, 1.165) is 5.92 Å². The summed E-state index contributed by atoms with van der Waals surface area (Å²) in [5, 5.41) is 2.33. The Labute approximate surface area is 78.6 Å². The summed E-state index contributed by atoms with van der Waals surface area (Å²) in [6, 6.07) is 2.35. The molecule has 0 saturated heterocycles. The van der Waals surface area contributed by atoms with Gasteiger partial charge in [0.25, 0.3) is 0 Å². The van der Waals surface area contributed by atoms with E-state index < -0.39 is 0 Å². The highest BCUT2D eigenvalue weighted by molar-refractivity contribution is 7.10. The van der Waals surface area contributed by atoms with Crippen LogP contribution < -0.4 is 0 Å². The summed E-state index contributed by atoms with van der Waals surface area (Å²) in [5.74, 6) is 0.866. The molecule has 2 rings (SSSR count). The van der Waals surface area contributed by atoms with E-state index in [4.69, 9.17) is 0 Å². The molecule has 0 bridgehead atoms. The van der Waals surface area contributed by atoms with Crippen LogP contribution in [0.5, 0.6) is 0 Å². The smallest absolute Gasteiger partial charge is 0.00171 e. The van der Waals surface area contributed by atoms with Crippen molar-refractivity contribution in [1.82, 2.24) is 0 Å². The molecule has 12 heavy (non-hydrogen) atoms. The highest BCUT2D eigenvalue weighted by Crippen LogP contribution is 2.50. The summed E-state index contributed by atoms with van der Waals surface area (Å²) in [4.78, 5) is 1.45. The lowest BCUT2D eigenvalue weighted by Gasteiger charge is -2.42. The fraction of sp³-hybridized carbons (Fsp3) is 0.636. The van der Waals surface area contributed by atoms with Crippen LogP contribution in [-0.2, 0) is 0 Å². The van der Waals surface area contributed by atoms with Crippen molar-refractivity contribution in [2.45, 2.75) is 39.5 Å². The molecule has 0 aliphatic heterocycles. The van der Waals surface area contributed by atoms with Crippen LogP contribution in [0.4, 0.5) is 0 Å². The number of rotatable bonds is 1. The van der Waals surface area contributed by atoms with Crippen LogP contribution in [0.1, 0.15) is 43.0 Å². The monoisotopic (exact) mass is 180 g/mol. The minimum atomic E-state index is 0.612. The van der Waals surface area contributed by atoms with Crippen molar-refractivity contribution in [3.05, 3.63) is 21.9 Å². The Balaban J connectivity index is 2.06. The quantitative estimate of drug-likeness (QED) is 0.613. The maximum Gasteiger partial charge on any atom is 0.00171 e. The Morgan fingerprint density at radius 2 is 2.08 bits per heavy atom. The van der Waals surface area contributed by atoms with Crippen LogP contribution in [-0.4, -0.2) is 0 Å². The van der Waals surface area contributed by atoms with Crippen molar-refractivity contribution in [1.29, 1.82) is 0 Å². The van der Waals surface area contributed by atoms with E-state index in [1.807, 2.05) is 11.3 Å². The molecule has 0 N–H and O–H groups in total. The molecule has 0 nitrogen and oxygen atoms in total. The second-order valence-electron chi connectivity index (χ2n) is 4.76. The van der Waals surface area contributed by atoms with Gasteiger partial charge < -0.3 is 0 Å². The van der Waals surface area contributed by atoms with Crippen LogP contribution >= 0.6 is 11.3 Å². The maximum absolute atomic E-state index is 2.36. The Morgan fingerprint density at radius 3 is 2.50 bits per heavy atom. The third-order valence-electron chi connectivity index (χ3n) is 2.82. The Kier molecular flexibility index (Phi) is 1.80. The zero-order valence-electron chi connectivity index (χ0n) is 8.05. The molecular formula is C11H16S. The largest absolute Gasteiger partial charge is 0.149 e. The normalized spacial score (nSPS) is 22.2. The van der Waals surface area contributed by atoms with E-state index in [1.54, 1.807) is 5.56 Å². The standard InChI is InChI=1S/C11H16S/c1-8-4-9(7-12-8)10-5-11(2,3)6-10/h4,7,10H,5-6H2,1-3H3. The van der Waals surface area contributed by atoms with Gasteiger partial charge in [-0.25, -0.2) is 0 Å². The van der Waals surface area contributed by atoms with Crippen molar-refractivity contribution in [2.75, 3.05) is 0 Å². The molecule has 1 saturated carbocycles. The van der Waals surface area contributed by atoms with Crippen molar-refractivity contribution in [2.24, 2.45) is 5.41 Å². The van der Waals surface area contributed by atoms with Crippen LogP contribution in [0, 0.1) is 12.3 Å². The molecule has 66 valence electrons. The molecule has 1 heterocycles. The van der Waals surface area contributed by atoms with E-state index in [2.05, 4.69) is 32.2 Å². The summed E-state index contributed by atoms with van der Waals surface area (Å²) in [6.07, 6.45) is 2.76. The van der Waals surface area contributed by atoms with E-state index >= 15 is 0 Å². The van der Waals surface area contributed by atoms with Crippen LogP contribution in [0.15, 0.2) is 11.4 Å². The number of aryl methyl sites for hydroxylation is 1. The molecule has 0 radical (unpaired) electrons. The van der Waals surface area contributed by atoms with Crippen molar-refractivity contribution < 1.29 is 0 Å². The Bertz CT molecular complexity index is 275. The van der Waals surface area contributed by atoms with Gasteiger partial charge in [-0.15, -0.1) is 11.3 Å². The molecule has 1 aromatic rings. The third-order valence-corrected chi connectivity index (χ3v) is 3.70. The Hall–Kier alpha value is -0.300. The number of hydrogen-bond donors (Lipinski definition) is 0. The predicted octanol–water partition coefficient (Wildman–Crippen LogP) is 3.96. The minimum absolute atomic E-state index is 0.612. The van der Waals surface area contributed by atoms with Crippen LogP contribution in [0.25, 0.3) is 0 Å². The summed E-state index contributed by atoms with van der Waals surface area (Å²) in [5.41, 5.74) is 2.19. The van der Waals surface area contributed by atoms with Crippen LogP contribution in [0.2, 0.25) is 0 Å². The van der Waals surface area contributed by atoms with E-state index in [0.29, 0.717) is 5.41 Å². The van der Waals surface area contributed by atoms with Crippen molar-refractivity contribution in [3.8, 4) is 0 Å². The summed E-state index contributed by atoms with van der Waals surface area (Å²) in [7, 11) is 0. The zero-order chi connectivity index (χ0) is 8.77. The van der Waals surface area contributed by atoms with Gasteiger partial charge in [0, 0.05) is 4.88 Å². The first-order valence-electron chi connectivity index (χ1n) is 4.62. The minimum Gasteiger partial charge on any atom is -0.149 e. The van der Waals surface area contributed by atoms with Crippen molar-refractivity contribution in [3.63, 3.8) is 0 Å². The van der Waals surface area contributed by atoms with Gasteiger partial charge in [-0.3, -0.25) is 0 Å². The molecule has 1 fully saturated rings. The van der Waals surface area contributed by atoms with Gasteiger partial charge in [0.15, 0.2) is 0 Å². The maximum atomic E-state index is 2.36. The summed E-state index contributed by atoms with van der Waals surface area (Å²) in [6.45, 7) is 6.92. The van der Waals surface area contributed by atoms with Crippen LogP contribution in [0.3, 0.4) is 0 Å². The molecule has 1 heteroatoms. The molecular weight excluding hydrogens is 164 g/mol. The first-order valence-corrected chi connectivity index (χ1v) is 5.50. The van der Waals surface area contributed by atoms with Gasteiger partial charge in [0.05, 0.1) is 0 Å². The fourth-order valence-electron chi connectivity index (χ4n) is 2.19. The lowest BCUT2D eigenvalue weighted by Crippen LogP contribution is -2.29. The Morgan fingerprint density at radius 1 is 1.42 bits per heavy atom. The number of hydrogen-bond acceptors (Lipinski definition) is 1. The predicted molar refractivity (Wildman–Crippen MR) is 54.8 cm³/mol. The first kappa shape index (κ1) is 8.31. The molecule has 0 unspecified atom stereocenters. The average Bonchev–Trinajstić information content (AvgIpc) is 2.30. The topological polar surface area (TPSA) is 0 Å². The molecule has 0 amide bonds. The molecule has 1 aliphatic carbocycles. The lowest BCUT2D eigenvalue weighted by atomic mass is 9.63. The summed E-state index contributed by atoms with van der Waals surface area (Å²) >= 11 is 1.88. The number of thiophene rings is 1. The van der Waals surface area contributed by atoms with Gasteiger partial charge in [-0.2, -0.15) is 0 Å². The van der Waals surface area contributed by atoms with Gasteiger partial charge in [0.1, 0.15) is 0 Å². The summed E-state index contributed by atoms with van der Waals surface area (Å²) < 4.78 is 0. The molecule has 0 atom stereocenters. The van der Waals surface area contributed by atoms with Gasteiger partial charge in [-0.1, -0.05) is 13.8 Å². The highest BCUT2D eigenvalue weighted by Gasteiger charge is 2.36. The third kappa shape index (κ3) is 1.42. The second kappa shape index (κ2) is 2.59. The SMILES string of the molecule is Cc1cc(C2CC(C)(C)C2)cs1. The fourth-order valence-corrected chi connectivity index (χ4v) is 2.97. The van der Waals surface area contributed by atoms with Gasteiger partial charge in [0.2, 0.25) is 0 Å². The average molecular weight is 180 g/mol. The van der Waals surface area contributed by atoms with Gasteiger partial charge in [-0.05, 0) is 48.1 Å². The molecule has 1 aromatic heterocycles. The first-order chi connectivity index (χ1) is 5.57. The zero-order valence-corrected chi connectivity index (χ0v) is 8.87. The molecule has 1 aliphatic rings.